The van der Waals surface area contributed by atoms with Crippen molar-refractivity contribution in [3.8, 4) is 0 Å². The molecule has 0 fully saturated rings. The van der Waals surface area contributed by atoms with Gasteiger partial charge in [0.15, 0.2) is 0 Å². The standard InChI is InChI=1S/C11H17N3O3/c1-11(2,5-6-15)8-13-10-4-3-9(7-12-10)14(16)17/h3-4,7,15H,5-6,8H2,1-2H3,(H,12,13). The highest BCUT2D eigenvalue weighted by molar-refractivity contribution is 5.40. The molecule has 1 heterocycles. The Morgan fingerprint density at radius 2 is 2.24 bits per heavy atom. The predicted molar refractivity (Wildman–Crippen MR) is 64.9 cm³/mol. The first-order valence-electron chi connectivity index (χ1n) is 5.40. The zero-order valence-corrected chi connectivity index (χ0v) is 10.0. The number of nitrogens with one attached hydrogen (secondary N) is 1. The lowest BCUT2D eigenvalue weighted by Crippen LogP contribution is -2.24. The second-order valence-corrected chi connectivity index (χ2v) is 4.65. The van der Waals surface area contributed by atoms with E-state index in [2.05, 4.69) is 10.3 Å². The van der Waals surface area contributed by atoms with E-state index >= 15 is 0 Å². The number of nitro groups is 1. The highest BCUT2D eigenvalue weighted by atomic mass is 16.6. The first kappa shape index (κ1) is 13.4. The molecule has 1 aromatic rings. The second kappa shape index (κ2) is 5.58. The summed E-state index contributed by atoms with van der Waals surface area (Å²) in [5.41, 5.74) is -0.0664. The molecule has 0 atom stereocenters. The number of aliphatic hydroxyl groups excluding tert-OH is 1. The van der Waals surface area contributed by atoms with E-state index < -0.39 is 4.92 Å². The Bertz CT molecular complexity index is 376. The van der Waals surface area contributed by atoms with Crippen molar-refractivity contribution in [1.82, 2.24) is 4.98 Å². The minimum absolute atomic E-state index is 0.0230. The van der Waals surface area contributed by atoms with Crippen LogP contribution in [-0.4, -0.2) is 28.2 Å². The van der Waals surface area contributed by atoms with Crippen molar-refractivity contribution < 1.29 is 10.0 Å². The van der Waals surface area contributed by atoms with E-state index in [0.29, 0.717) is 18.8 Å². The maximum absolute atomic E-state index is 10.4. The van der Waals surface area contributed by atoms with Crippen LogP contribution in [-0.2, 0) is 0 Å². The number of anilines is 1. The van der Waals surface area contributed by atoms with Crippen LogP contribution in [0.15, 0.2) is 18.3 Å². The van der Waals surface area contributed by atoms with Crippen molar-refractivity contribution in [2.24, 2.45) is 5.41 Å². The Morgan fingerprint density at radius 1 is 1.53 bits per heavy atom. The van der Waals surface area contributed by atoms with Gasteiger partial charge in [0.05, 0.1) is 4.92 Å². The molecule has 94 valence electrons. The molecule has 0 bridgehead atoms. The van der Waals surface area contributed by atoms with Crippen LogP contribution in [0.3, 0.4) is 0 Å². The van der Waals surface area contributed by atoms with Crippen LogP contribution in [0.1, 0.15) is 20.3 Å². The van der Waals surface area contributed by atoms with Gasteiger partial charge in [-0.2, -0.15) is 0 Å². The summed E-state index contributed by atoms with van der Waals surface area (Å²) in [4.78, 5) is 13.9. The number of pyridine rings is 1. The Morgan fingerprint density at radius 3 is 2.71 bits per heavy atom. The molecule has 2 N–H and O–H groups in total. The third-order valence-electron chi connectivity index (χ3n) is 2.50. The van der Waals surface area contributed by atoms with Crippen LogP contribution in [0, 0.1) is 15.5 Å². The molecule has 0 radical (unpaired) electrons. The summed E-state index contributed by atoms with van der Waals surface area (Å²) in [7, 11) is 0. The van der Waals surface area contributed by atoms with Gasteiger partial charge in [-0.15, -0.1) is 0 Å². The van der Waals surface area contributed by atoms with Gasteiger partial charge in [0.1, 0.15) is 12.0 Å². The third kappa shape index (κ3) is 4.36. The van der Waals surface area contributed by atoms with Crippen LogP contribution in [0.4, 0.5) is 11.5 Å². The number of aromatic nitrogens is 1. The van der Waals surface area contributed by atoms with Gasteiger partial charge in [-0.25, -0.2) is 4.98 Å². The summed E-state index contributed by atoms with van der Waals surface area (Å²) in [6.07, 6.45) is 1.91. The lowest BCUT2D eigenvalue weighted by atomic mass is 9.90. The Kier molecular flexibility index (Phi) is 4.39. The third-order valence-corrected chi connectivity index (χ3v) is 2.50. The van der Waals surface area contributed by atoms with Crippen molar-refractivity contribution in [3.63, 3.8) is 0 Å². The molecular formula is C11H17N3O3. The summed E-state index contributed by atoms with van der Waals surface area (Å²) in [5.74, 6) is 0.599. The van der Waals surface area contributed by atoms with E-state index in [1.54, 1.807) is 6.07 Å². The van der Waals surface area contributed by atoms with Crippen molar-refractivity contribution in [3.05, 3.63) is 28.4 Å². The smallest absolute Gasteiger partial charge is 0.287 e. The van der Waals surface area contributed by atoms with Crippen molar-refractivity contribution in [2.75, 3.05) is 18.5 Å². The molecule has 0 aliphatic heterocycles. The van der Waals surface area contributed by atoms with Gasteiger partial charge in [0.2, 0.25) is 0 Å². The number of aliphatic hydroxyl groups is 1. The highest BCUT2D eigenvalue weighted by Crippen LogP contribution is 2.20. The molecule has 0 aromatic carbocycles. The first-order chi connectivity index (χ1) is 7.94. The average Bonchev–Trinajstić information content (AvgIpc) is 2.27. The van der Waals surface area contributed by atoms with Gasteiger partial charge >= 0.3 is 0 Å². The number of nitrogens with zero attached hydrogens (tertiary/aromatic N) is 2. The fourth-order valence-electron chi connectivity index (χ4n) is 1.32. The molecule has 6 heteroatoms. The van der Waals surface area contributed by atoms with E-state index in [4.69, 9.17) is 5.11 Å². The molecule has 0 aliphatic carbocycles. The van der Waals surface area contributed by atoms with E-state index in [0.717, 1.165) is 0 Å². The van der Waals surface area contributed by atoms with Gasteiger partial charge in [0.25, 0.3) is 5.69 Å². The molecule has 0 spiro atoms. The quantitative estimate of drug-likeness (QED) is 0.583. The molecular weight excluding hydrogens is 222 g/mol. The van der Waals surface area contributed by atoms with Crippen LogP contribution in [0.5, 0.6) is 0 Å². The number of hydrogen-bond acceptors (Lipinski definition) is 5. The second-order valence-electron chi connectivity index (χ2n) is 4.65. The van der Waals surface area contributed by atoms with E-state index in [1.807, 2.05) is 13.8 Å². The predicted octanol–water partition coefficient (Wildman–Crippen LogP) is 1.81. The van der Waals surface area contributed by atoms with Gasteiger partial charge in [0, 0.05) is 19.2 Å². The minimum Gasteiger partial charge on any atom is -0.396 e. The van der Waals surface area contributed by atoms with E-state index in [1.165, 1.54) is 12.3 Å². The molecule has 0 aliphatic rings. The fraction of sp³-hybridized carbons (Fsp3) is 0.545. The first-order valence-corrected chi connectivity index (χ1v) is 5.40. The zero-order valence-electron chi connectivity index (χ0n) is 10.0. The van der Waals surface area contributed by atoms with E-state index in [-0.39, 0.29) is 17.7 Å². The molecule has 1 aromatic heterocycles. The van der Waals surface area contributed by atoms with Crippen LogP contribution < -0.4 is 5.32 Å². The fourth-order valence-corrected chi connectivity index (χ4v) is 1.32. The number of rotatable bonds is 6. The summed E-state index contributed by atoms with van der Waals surface area (Å²) in [5, 5.41) is 22.4. The summed E-state index contributed by atoms with van der Waals surface area (Å²) in [6.45, 7) is 4.85. The van der Waals surface area contributed by atoms with Crippen molar-refractivity contribution >= 4 is 11.5 Å². The van der Waals surface area contributed by atoms with Gasteiger partial charge < -0.3 is 10.4 Å². The molecule has 0 saturated heterocycles. The number of hydrogen-bond donors (Lipinski definition) is 2. The Balaban J connectivity index is 2.55. The highest BCUT2D eigenvalue weighted by Gasteiger charge is 2.17. The summed E-state index contributed by atoms with van der Waals surface area (Å²) in [6, 6.07) is 2.99. The molecule has 0 saturated carbocycles. The normalized spacial score (nSPS) is 11.2. The monoisotopic (exact) mass is 239 g/mol. The lowest BCUT2D eigenvalue weighted by Gasteiger charge is -2.24. The summed E-state index contributed by atoms with van der Waals surface area (Å²) < 4.78 is 0. The topological polar surface area (TPSA) is 88.3 Å². The Hall–Kier alpha value is -1.69. The van der Waals surface area contributed by atoms with Gasteiger partial charge in [-0.05, 0) is 17.9 Å². The molecule has 0 amide bonds. The summed E-state index contributed by atoms with van der Waals surface area (Å²) >= 11 is 0. The molecule has 6 nitrogen and oxygen atoms in total. The average molecular weight is 239 g/mol. The zero-order chi connectivity index (χ0) is 12.9. The SMILES string of the molecule is CC(C)(CCO)CNc1ccc([N+](=O)[O-])cn1. The Labute approximate surface area is 99.8 Å². The molecule has 17 heavy (non-hydrogen) atoms. The van der Waals surface area contributed by atoms with Crippen molar-refractivity contribution in [2.45, 2.75) is 20.3 Å². The van der Waals surface area contributed by atoms with E-state index in [9.17, 15) is 10.1 Å². The minimum atomic E-state index is -0.480. The molecule has 1 rings (SSSR count). The van der Waals surface area contributed by atoms with Crippen LogP contribution >= 0.6 is 0 Å². The van der Waals surface area contributed by atoms with Gasteiger partial charge in [-0.3, -0.25) is 10.1 Å². The van der Waals surface area contributed by atoms with Gasteiger partial charge in [-0.1, -0.05) is 13.8 Å². The largest absolute Gasteiger partial charge is 0.396 e. The van der Waals surface area contributed by atoms with Crippen molar-refractivity contribution in [1.29, 1.82) is 0 Å². The maximum Gasteiger partial charge on any atom is 0.287 e. The molecule has 0 unspecified atom stereocenters. The van der Waals surface area contributed by atoms with Crippen LogP contribution in [0.25, 0.3) is 0 Å². The maximum atomic E-state index is 10.4. The lowest BCUT2D eigenvalue weighted by molar-refractivity contribution is -0.385. The van der Waals surface area contributed by atoms with Crippen LogP contribution in [0.2, 0.25) is 0 Å².